The molecule has 1 amide bonds. The molecule has 2 fully saturated rings. The summed E-state index contributed by atoms with van der Waals surface area (Å²) in [5.74, 6) is 0.575. The Morgan fingerprint density at radius 2 is 1.83 bits per heavy atom. The molecule has 2 aromatic rings. The lowest BCUT2D eigenvalue weighted by Crippen LogP contribution is -2.42. The van der Waals surface area contributed by atoms with Crippen molar-refractivity contribution in [3.05, 3.63) is 29.1 Å². The van der Waals surface area contributed by atoms with E-state index in [9.17, 15) is 4.79 Å². The van der Waals surface area contributed by atoms with Crippen molar-refractivity contribution >= 4 is 29.2 Å². The summed E-state index contributed by atoms with van der Waals surface area (Å²) in [6, 6.07) is 7.95. The van der Waals surface area contributed by atoms with Crippen molar-refractivity contribution in [2.24, 2.45) is 5.92 Å². The third-order valence-electron chi connectivity index (χ3n) is 5.27. The number of rotatable bonds is 3. The smallest absolute Gasteiger partial charge is 0.270 e. The minimum atomic E-state index is 0.202. The van der Waals surface area contributed by atoms with E-state index in [4.69, 9.17) is 16.6 Å². The summed E-state index contributed by atoms with van der Waals surface area (Å²) >= 11 is 5.37. The normalized spacial score (nSPS) is 20.1. The Kier molecular flexibility index (Phi) is 4.41. The average molecular weight is 345 g/mol. The Hall–Kier alpha value is -1.66. The highest BCUT2D eigenvalue weighted by molar-refractivity contribution is 7.71. The first kappa shape index (κ1) is 15.8. The van der Waals surface area contributed by atoms with Crippen LogP contribution in [0, 0.1) is 10.8 Å². The van der Waals surface area contributed by atoms with Gasteiger partial charge in [-0.05, 0) is 50.0 Å². The first-order valence-electron chi connectivity index (χ1n) is 8.82. The zero-order valence-electron chi connectivity index (χ0n) is 13.8. The number of carbonyl (C=O) groups is 1. The van der Waals surface area contributed by atoms with E-state index >= 15 is 0 Å². The van der Waals surface area contributed by atoms with Crippen LogP contribution in [0.5, 0.6) is 0 Å². The minimum absolute atomic E-state index is 0.202. The van der Waals surface area contributed by atoms with E-state index in [2.05, 4.69) is 9.80 Å². The van der Waals surface area contributed by atoms with Gasteiger partial charge in [-0.3, -0.25) is 14.3 Å². The predicted molar refractivity (Wildman–Crippen MR) is 95.1 cm³/mol. The lowest BCUT2D eigenvalue weighted by molar-refractivity contribution is -0.136. The molecule has 5 nitrogen and oxygen atoms in total. The monoisotopic (exact) mass is 345 g/mol. The van der Waals surface area contributed by atoms with Crippen LogP contribution < -0.4 is 0 Å². The van der Waals surface area contributed by atoms with E-state index in [-0.39, 0.29) is 5.92 Å². The van der Waals surface area contributed by atoms with Gasteiger partial charge in [0.2, 0.25) is 5.91 Å². The van der Waals surface area contributed by atoms with Crippen molar-refractivity contribution in [1.29, 1.82) is 0 Å². The fraction of sp³-hybridized carbons (Fsp3) is 0.556. The van der Waals surface area contributed by atoms with Gasteiger partial charge < -0.3 is 9.32 Å². The summed E-state index contributed by atoms with van der Waals surface area (Å²) in [4.78, 5) is 17.5. The van der Waals surface area contributed by atoms with E-state index in [0.29, 0.717) is 10.7 Å². The van der Waals surface area contributed by atoms with E-state index in [1.807, 2.05) is 28.8 Å². The first-order chi connectivity index (χ1) is 11.7. The molecule has 6 heteroatoms. The summed E-state index contributed by atoms with van der Waals surface area (Å²) < 4.78 is 7.71. The highest BCUT2D eigenvalue weighted by Gasteiger charge is 2.30. The van der Waals surface area contributed by atoms with Gasteiger partial charge in [0.15, 0.2) is 5.58 Å². The van der Waals surface area contributed by atoms with Gasteiger partial charge in [0, 0.05) is 32.1 Å². The lowest BCUT2D eigenvalue weighted by Gasteiger charge is -2.33. The Morgan fingerprint density at radius 3 is 2.58 bits per heavy atom. The number of oxazole rings is 1. The molecule has 0 saturated carbocycles. The van der Waals surface area contributed by atoms with E-state index < -0.39 is 0 Å². The molecule has 0 atom stereocenters. The van der Waals surface area contributed by atoms with E-state index in [0.717, 1.165) is 69.6 Å². The zero-order chi connectivity index (χ0) is 16.5. The summed E-state index contributed by atoms with van der Waals surface area (Å²) in [7, 11) is 0. The topological polar surface area (TPSA) is 41.6 Å². The molecular weight excluding hydrogens is 322 g/mol. The average Bonchev–Trinajstić information content (AvgIpc) is 3.24. The molecule has 128 valence electrons. The highest BCUT2D eigenvalue weighted by Crippen LogP contribution is 2.24. The summed E-state index contributed by atoms with van der Waals surface area (Å²) in [6.07, 6.45) is 4.21. The molecule has 2 saturated heterocycles. The molecule has 3 heterocycles. The second-order valence-electron chi connectivity index (χ2n) is 6.83. The van der Waals surface area contributed by atoms with Crippen LogP contribution in [0.3, 0.4) is 0 Å². The molecule has 0 unspecified atom stereocenters. The minimum Gasteiger partial charge on any atom is -0.429 e. The van der Waals surface area contributed by atoms with Crippen LogP contribution in [-0.4, -0.2) is 46.5 Å². The van der Waals surface area contributed by atoms with Crippen LogP contribution in [0.1, 0.15) is 25.7 Å². The molecular formula is C18H23N3O2S. The second-order valence-corrected chi connectivity index (χ2v) is 7.18. The maximum absolute atomic E-state index is 12.5. The number of nitrogens with zero attached hydrogens (tertiary/aromatic N) is 3. The van der Waals surface area contributed by atoms with Gasteiger partial charge in [-0.25, -0.2) is 0 Å². The molecule has 0 aliphatic carbocycles. The fourth-order valence-corrected chi connectivity index (χ4v) is 4.11. The van der Waals surface area contributed by atoms with Gasteiger partial charge in [0.25, 0.3) is 4.84 Å². The molecule has 24 heavy (non-hydrogen) atoms. The van der Waals surface area contributed by atoms with Crippen LogP contribution in [0.2, 0.25) is 0 Å². The van der Waals surface area contributed by atoms with E-state index in [1.165, 1.54) is 0 Å². The zero-order valence-corrected chi connectivity index (χ0v) is 14.6. The van der Waals surface area contributed by atoms with Crippen LogP contribution in [0.25, 0.3) is 11.1 Å². The quantitative estimate of drug-likeness (QED) is 0.801. The number of carbonyl (C=O) groups excluding carboxylic acids is 1. The Labute approximate surface area is 146 Å². The van der Waals surface area contributed by atoms with Crippen molar-refractivity contribution in [2.75, 3.05) is 26.2 Å². The van der Waals surface area contributed by atoms with Gasteiger partial charge in [0.1, 0.15) is 0 Å². The fourth-order valence-electron chi connectivity index (χ4n) is 3.86. The Bertz CT molecular complexity index is 783. The maximum atomic E-state index is 12.5. The van der Waals surface area contributed by atoms with Gasteiger partial charge in [-0.2, -0.15) is 0 Å². The summed E-state index contributed by atoms with van der Waals surface area (Å²) in [5.41, 5.74) is 1.87. The second kappa shape index (κ2) is 6.69. The van der Waals surface area contributed by atoms with Crippen molar-refractivity contribution in [3.63, 3.8) is 0 Å². The maximum Gasteiger partial charge on any atom is 0.270 e. The molecule has 0 spiro atoms. The highest BCUT2D eigenvalue weighted by atomic mass is 32.1. The summed E-state index contributed by atoms with van der Waals surface area (Å²) in [6.45, 7) is 4.52. The van der Waals surface area contributed by atoms with Gasteiger partial charge in [-0.15, -0.1) is 0 Å². The van der Waals surface area contributed by atoms with Gasteiger partial charge in [-0.1, -0.05) is 12.1 Å². The number of piperidine rings is 1. The van der Waals surface area contributed by atoms with Gasteiger partial charge in [0.05, 0.1) is 12.2 Å². The van der Waals surface area contributed by atoms with Crippen LogP contribution in [0.4, 0.5) is 0 Å². The molecule has 2 aliphatic rings. The van der Waals surface area contributed by atoms with Crippen molar-refractivity contribution in [1.82, 2.24) is 14.4 Å². The molecule has 1 aromatic carbocycles. The SMILES string of the molecule is O=C(C1CCN(Cn2c(=S)oc3ccccc32)CC1)N1CCCC1. The molecule has 2 aliphatic heterocycles. The number of likely N-dealkylation sites (tertiary alicyclic amines) is 2. The van der Waals surface area contributed by atoms with Crippen LogP contribution >= 0.6 is 12.2 Å². The number of hydrogen-bond acceptors (Lipinski definition) is 4. The molecule has 0 bridgehead atoms. The number of amides is 1. The largest absolute Gasteiger partial charge is 0.429 e. The van der Waals surface area contributed by atoms with Crippen molar-refractivity contribution in [3.8, 4) is 0 Å². The lowest BCUT2D eigenvalue weighted by atomic mass is 9.95. The van der Waals surface area contributed by atoms with Crippen molar-refractivity contribution < 1.29 is 9.21 Å². The standard InChI is InChI=1S/C18H23N3O2S/c22-17(20-9-3-4-10-20)14-7-11-19(12-8-14)13-21-15-5-1-2-6-16(15)23-18(21)24/h1-2,5-6,14H,3-4,7-13H2. The Balaban J connectivity index is 1.40. The van der Waals surface area contributed by atoms with Crippen molar-refractivity contribution in [2.45, 2.75) is 32.4 Å². The van der Waals surface area contributed by atoms with Crippen LogP contribution in [-0.2, 0) is 11.5 Å². The molecule has 0 radical (unpaired) electrons. The number of fused-ring (bicyclic) bond motifs is 1. The third-order valence-corrected chi connectivity index (χ3v) is 5.57. The number of hydrogen-bond donors (Lipinski definition) is 0. The number of benzene rings is 1. The van der Waals surface area contributed by atoms with Gasteiger partial charge >= 0.3 is 0 Å². The Morgan fingerprint density at radius 1 is 1.12 bits per heavy atom. The molecule has 1 aromatic heterocycles. The van der Waals surface area contributed by atoms with E-state index in [1.54, 1.807) is 0 Å². The summed E-state index contributed by atoms with van der Waals surface area (Å²) in [5, 5.41) is 0. The predicted octanol–water partition coefficient (Wildman–Crippen LogP) is 3.26. The number of para-hydroxylation sites is 2. The van der Waals surface area contributed by atoms with Crippen LogP contribution in [0.15, 0.2) is 28.7 Å². The molecule has 4 rings (SSSR count). The third kappa shape index (κ3) is 3.00. The first-order valence-corrected chi connectivity index (χ1v) is 9.23. The molecule has 0 N–H and O–H groups in total. The number of aromatic nitrogens is 1.